The second-order valence-electron chi connectivity index (χ2n) is 2.67. The van der Waals surface area contributed by atoms with E-state index in [2.05, 4.69) is 12.7 Å². The molecule has 0 aromatic heterocycles. The first-order valence-corrected chi connectivity index (χ1v) is 3.14. The van der Waals surface area contributed by atoms with Gasteiger partial charge in [-0.25, -0.2) is 0 Å². The molecule has 42 valence electrons. The first-order chi connectivity index (χ1) is 3.30. The van der Waals surface area contributed by atoms with Crippen LogP contribution in [0.4, 0.5) is 0 Å². The van der Waals surface area contributed by atoms with Crippen LogP contribution >= 0.6 is 0 Å². The quantitative estimate of drug-likeness (QED) is 0.457. The van der Waals surface area contributed by atoms with E-state index in [0.29, 0.717) is 0 Å². The molecule has 1 aliphatic carbocycles. The van der Waals surface area contributed by atoms with Crippen LogP contribution in [0.15, 0.2) is 0 Å². The lowest BCUT2D eigenvalue weighted by molar-refractivity contribution is -0.427. The number of hydrogen-bond acceptors (Lipinski definition) is 0. The van der Waals surface area contributed by atoms with Gasteiger partial charge in [0.15, 0.2) is 0 Å². The summed E-state index contributed by atoms with van der Waals surface area (Å²) in [5, 5.41) is 0. The summed E-state index contributed by atoms with van der Waals surface area (Å²) in [5.41, 5.74) is 4.02. The van der Waals surface area contributed by atoms with Crippen molar-refractivity contribution >= 4 is 0 Å². The first kappa shape index (κ1) is 5.10. The summed E-state index contributed by atoms with van der Waals surface area (Å²) in [6.45, 7) is 2.30. The van der Waals surface area contributed by atoms with Crippen LogP contribution in [0.2, 0.25) is 0 Å². The Morgan fingerprint density at radius 3 is 2.29 bits per heavy atom. The summed E-state index contributed by atoms with van der Waals surface area (Å²) in [5.74, 6) is 0.903. The molecule has 1 rings (SSSR count). The van der Waals surface area contributed by atoms with Gasteiger partial charge in [-0.2, -0.15) is 0 Å². The Morgan fingerprint density at radius 2 is 2.14 bits per heavy atom. The van der Waals surface area contributed by atoms with Crippen molar-refractivity contribution in [2.24, 2.45) is 5.92 Å². The zero-order chi connectivity index (χ0) is 5.28. The molecule has 0 amide bonds. The summed E-state index contributed by atoms with van der Waals surface area (Å²) in [6.07, 6.45) is 4.19. The summed E-state index contributed by atoms with van der Waals surface area (Å²) in [6, 6.07) is 0.764. The molecule has 0 aromatic rings. The number of rotatable bonds is 0. The molecule has 0 radical (unpaired) electrons. The maximum atomic E-state index is 4.02. The molecule has 0 heterocycles. The average molecular weight is 100 g/mol. The summed E-state index contributed by atoms with van der Waals surface area (Å²) >= 11 is 0. The molecule has 2 atom stereocenters. The van der Waals surface area contributed by atoms with Gasteiger partial charge in [-0.15, -0.1) is 0 Å². The summed E-state index contributed by atoms with van der Waals surface area (Å²) in [7, 11) is 0. The molecule has 1 nitrogen and oxygen atoms in total. The third kappa shape index (κ3) is 0.942. The number of hydrogen-bond donors (Lipinski definition) is 1. The maximum absolute atomic E-state index is 4.02. The monoisotopic (exact) mass is 100 g/mol. The minimum absolute atomic E-state index is 0.764. The molecule has 2 unspecified atom stereocenters. The van der Waals surface area contributed by atoms with Crippen molar-refractivity contribution < 1.29 is 5.73 Å². The SMILES string of the molecule is CC1CCCC1[NH3+]. The molecule has 1 saturated carbocycles. The van der Waals surface area contributed by atoms with Gasteiger partial charge >= 0.3 is 0 Å². The van der Waals surface area contributed by atoms with E-state index >= 15 is 0 Å². The summed E-state index contributed by atoms with van der Waals surface area (Å²) < 4.78 is 0. The molecule has 0 spiro atoms. The molecule has 0 bridgehead atoms. The standard InChI is InChI=1S/C6H13N/c1-5-3-2-4-6(5)7/h5-6H,2-4,7H2,1H3/p+1. The Hall–Kier alpha value is -0.0400. The van der Waals surface area contributed by atoms with Crippen molar-refractivity contribution in [2.45, 2.75) is 32.2 Å². The van der Waals surface area contributed by atoms with Crippen molar-refractivity contribution in [2.75, 3.05) is 0 Å². The largest absolute Gasteiger partial charge is 0.355 e. The number of quaternary nitrogens is 1. The van der Waals surface area contributed by atoms with Gasteiger partial charge in [0.05, 0.1) is 6.04 Å². The lowest BCUT2D eigenvalue weighted by Gasteiger charge is -2.01. The Balaban J connectivity index is 2.33. The molecule has 1 aliphatic rings. The zero-order valence-electron chi connectivity index (χ0n) is 4.98. The van der Waals surface area contributed by atoms with Crippen molar-refractivity contribution in [3.63, 3.8) is 0 Å². The van der Waals surface area contributed by atoms with Crippen LogP contribution in [0.25, 0.3) is 0 Å². The molecule has 0 aliphatic heterocycles. The van der Waals surface area contributed by atoms with Crippen LogP contribution in [0.1, 0.15) is 26.2 Å². The van der Waals surface area contributed by atoms with E-state index in [0.717, 1.165) is 12.0 Å². The van der Waals surface area contributed by atoms with Gasteiger partial charge in [-0.1, -0.05) is 6.92 Å². The van der Waals surface area contributed by atoms with Crippen molar-refractivity contribution in [1.82, 2.24) is 0 Å². The zero-order valence-corrected chi connectivity index (χ0v) is 4.98. The minimum atomic E-state index is 0.764. The second kappa shape index (κ2) is 1.83. The van der Waals surface area contributed by atoms with Crippen LogP contribution in [-0.2, 0) is 0 Å². The Kier molecular flexibility index (Phi) is 1.33. The lowest BCUT2D eigenvalue weighted by Crippen LogP contribution is -2.61. The van der Waals surface area contributed by atoms with E-state index in [-0.39, 0.29) is 0 Å². The molecular weight excluding hydrogens is 86.1 g/mol. The van der Waals surface area contributed by atoms with E-state index in [1.54, 1.807) is 0 Å². The highest BCUT2D eigenvalue weighted by Crippen LogP contribution is 2.21. The topological polar surface area (TPSA) is 27.6 Å². The van der Waals surface area contributed by atoms with Crippen LogP contribution in [-0.4, -0.2) is 6.04 Å². The fourth-order valence-corrected chi connectivity index (χ4v) is 1.22. The maximum Gasteiger partial charge on any atom is 0.0869 e. The smallest absolute Gasteiger partial charge is 0.0869 e. The highest BCUT2D eigenvalue weighted by molar-refractivity contribution is 4.70. The predicted molar refractivity (Wildman–Crippen MR) is 29.7 cm³/mol. The van der Waals surface area contributed by atoms with Gasteiger partial charge in [0, 0.05) is 5.92 Å². The minimum Gasteiger partial charge on any atom is -0.355 e. The van der Waals surface area contributed by atoms with Crippen molar-refractivity contribution in [3.8, 4) is 0 Å². The van der Waals surface area contributed by atoms with Crippen LogP contribution < -0.4 is 5.73 Å². The van der Waals surface area contributed by atoms with Crippen LogP contribution in [0.3, 0.4) is 0 Å². The third-order valence-corrected chi connectivity index (χ3v) is 2.04. The van der Waals surface area contributed by atoms with Gasteiger partial charge in [0.25, 0.3) is 0 Å². The average Bonchev–Trinajstić information content (AvgIpc) is 1.91. The fraction of sp³-hybridized carbons (Fsp3) is 1.00. The Labute approximate surface area is 44.9 Å². The molecule has 0 saturated heterocycles. The first-order valence-electron chi connectivity index (χ1n) is 3.14. The van der Waals surface area contributed by atoms with Crippen molar-refractivity contribution in [1.29, 1.82) is 0 Å². The Morgan fingerprint density at radius 1 is 1.43 bits per heavy atom. The predicted octanol–water partition coefficient (Wildman–Crippen LogP) is 0.417. The summed E-state index contributed by atoms with van der Waals surface area (Å²) in [4.78, 5) is 0. The lowest BCUT2D eigenvalue weighted by atomic mass is 10.1. The van der Waals surface area contributed by atoms with Crippen molar-refractivity contribution in [3.05, 3.63) is 0 Å². The van der Waals surface area contributed by atoms with Gasteiger partial charge in [0.2, 0.25) is 0 Å². The van der Waals surface area contributed by atoms with Gasteiger partial charge in [-0.3, -0.25) is 0 Å². The van der Waals surface area contributed by atoms with Crippen LogP contribution in [0, 0.1) is 5.92 Å². The second-order valence-corrected chi connectivity index (χ2v) is 2.67. The third-order valence-electron chi connectivity index (χ3n) is 2.04. The molecule has 7 heavy (non-hydrogen) atoms. The van der Waals surface area contributed by atoms with E-state index < -0.39 is 0 Å². The Bertz CT molecular complexity index is 53.2. The molecule has 1 fully saturated rings. The molecular formula is C6H14N+. The van der Waals surface area contributed by atoms with Gasteiger partial charge in [-0.05, 0) is 19.3 Å². The van der Waals surface area contributed by atoms with E-state index in [1.807, 2.05) is 0 Å². The highest BCUT2D eigenvalue weighted by Gasteiger charge is 2.21. The van der Waals surface area contributed by atoms with Gasteiger partial charge in [0.1, 0.15) is 0 Å². The van der Waals surface area contributed by atoms with Crippen LogP contribution in [0.5, 0.6) is 0 Å². The van der Waals surface area contributed by atoms with E-state index in [4.69, 9.17) is 0 Å². The van der Waals surface area contributed by atoms with E-state index in [9.17, 15) is 0 Å². The molecule has 1 heteroatoms. The normalized spacial score (nSPS) is 42.0. The molecule has 0 aromatic carbocycles. The van der Waals surface area contributed by atoms with E-state index in [1.165, 1.54) is 19.3 Å². The van der Waals surface area contributed by atoms with Gasteiger partial charge < -0.3 is 5.73 Å². The highest BCUT2D eigenvalue weighted by atomic mass is 14.7. The fourth-order valence-electron chi connectivity index (χ4n) is 1.22. The molecule has 3 N–H and O–H groups in total.